The molecule has 2 amide bonds. The third-order valence-corrected chi connectivity index (χ3v) is 3.24. The molecule has 0 aromatic heterocycles. The Morgan fingerprint density at radius 3 is 2.38 bits per heavy atom. The number of anilines is 1. The third kappa shape index (κ3) is 4.88. The number of carbonyl (C=O) groups is 2. The Morgan fingerprint density at radius 2 is 1.73 bits per heavy atom. The summed E-state index contributed by atoms with van der Waals surface area (Å²) in [5, 5.41) is 5.52. The van der Waals surface area contributed by atoms with E-state index in [1.165, 1.54) is 49.4 Å². The smallest absolute Gasteiger partial charge is 0.318 e. The number of nitrogens with one attached hydrogen (secondary N) is 2. The maximum Gasteiger partial charge on any atom is 0.471 e. The van der Waals surface area contributed by atoms with Crippen molar-refractivity contribution in [3.63, 3.8) is 0 Å². The monoisotopic (exact) mass is 367 g/mol. The number of alkyl halides is 3. The molecule has 9 heteroatoms. The number of amides is 2. The molecule has 0 radical (unpaired) electrons. The predicted octanol–water partition coefficient (Wildman–Crippen LogP) is 3.48. The lowest BCUT2D eigenvalue weighted by Gasteiger charge is -2.09. The Morgan fingerprint density at radius 1 is 1.04 bits per heavy atom. The molecular weight excluding hydrogens is 354 g/mol. The minimum Gasteiger partial charge on any atom is -0.318 e. The van der Waals surface area contributed by atoms with Crippen LogP contribution in [0.1, 0.15) is 22.8 Å². The first kappa shape index (κ1) is 19.1. The number of benzene rings is 2. The SMILES string of the molecule is CC(=NNC(=O)c1ccccc1F)c1cccc(NC(=O)C(F)(F)F)c1. The molecule has 0 saturated carbocycles. The Balaban J connectivity index is 2.12. The summed E-state index contributed by atoms with van der Waals surface area (Å²) in [6.45, 7) is 1.49. The molecular formula is C17H13F4N3O2. The van der Waals surface area contributed by atoms with Crippen LogP contribution in [-0.4, -0.2) is 23.7 Å². The van der Waals surface area contributed by atoms with Gasteiger partial charge in [-0.2, -0.15) is 18.3 Å². The molecule has 0 saturated heterocycles. The maximum atomic E-state index is 13.5. The van der Waals surface area contributed by atoms with E-state index in [0.29, 0.717) is 5.56 Å². The summed E-state index contributed by atoms with van der Waals surface area (Å²) in [5.74, 6) is -3.59. The van der Waals surface area contributed by atoms with Crippen LogP contribution < -0.4 is 10.7 Å². The largest absolute Gasteiger partial charge is 0.471 e. The van der Waals surface area contributed by atoms with Crippen molar-refractivity contribution < 1.29 is 27.2 Å². The molecule has 2 aromatic carbocycles. The fourth-order valence-electron chi connectivity index (χ4n) is 1.93. The minimum absolute atomic E-state index is 0.0835. The molecule has 0 heterocycles. The van der Waals surface area contributed by atoms with Gasteiger partial charge < -0.3 is 5.32 Å². The lowest BCUT2D eigenvalue weighted by Crippen LogP contribution is -2.29. The topological polar surface area (TPSA) is 70.6 Å². The first-order valence-corrected chi connectivity index (χ1v) is 7.26. The van der Waals surface area contributed by atoms with Gasteiger partial charge in [-0.15, -0.1) is 0 Å². The highest BCUT2D eigenvalue weighted by atomic mass is 19.4. The number of hydrazone groups is 1. The van der Waals surface area contributed by atoms with Crippen LogP contribution in [0.4, 0.5) is 23.2 Å². The first-order valence-electron chi connectivity index (χ1n) is 7.26. The van der Waals surface area contributed by atoms with E-state index >= 15 is 0 Å². The van der Waals surface area contributed by atoms with E-state index in [0.717, 1.165) is 6.07 Å². The van der Waals surface area contributed by atoms with Gasteiger partial charge >= 0.3 is 12.1 Å². The van der Waals surface area contributed by atoms with Crippen molar-refractivity contribution in [3.05, 3.63) is 65.5 Å². The molecule has 0 unspecified atom stereocenters. The third-order valence-electron chi connectivity index (χ3n) is 3.24. The summed E-state index contributed by atoms with van der Waals surface area (Å²) in [6, 6.07) is 10.8. The van der Waals surface area contributed by atoms with E-state index in [-0.39, 0.29) is 17.0 Å². The van der Waals surface area contributed by atoms with E-state index in [2.05, 4.69) is 10.5 Å². The van der Waals surface area contributed by atoms with Crippen LogP contribution in [0.2, 0.25) is 0 Å². The van der Waals surface area contributed by atoms with Crippen LogP contribution in [0.3, 0.4) is 0 Å². The van der Waals surface area contributed by atoms with E-state index < -0.39 is 23.8 Å². The van der Waals surface area contributed by atoms with Crippen LogP contribution in [0.15, 0.2) is 53.6 Å². The quantitative estimate of drug-likeness (QED) is 0.493. The second-order valence-electron chi connectivity index (χ2n) is 5.15. The van der Waals surface area contributed by atoms with Gasteiger partial charge in [0.05, 0.1) is 11.3 Å². The number of rotatable bonds is 4. The molecule has 0 fully saturated rings. The molecule has 2 aromatic rings. The summed E-state index contributed by atoms with van der Waals surface area (Å²) in [4.78, 5) is 22.8. The number of hydrogen-bond donors (Lipinski definition) is 2. The van der Waals surface area contributed by atoms with Crippen molar-refractivity contribution in [1.29, 1.82) is 0 Å². The molecule has 0 bridgehead atoms. The van der Waals surface area contributed by atoms with Gasteiger partial charge in [0, 0.05) is 5.69 Å². The average molecular weight is 367 g/mol. The van der Waals surface area contributed by atoms with Crippen LogP contribution in [0, 0.1) is 5.82 Å². The highest BCUT2D eigenvalue weighted by molar-refractivity contribution is 6.02. The molecule has 0 spiro atoms. The van der Waals surface area contributed by atoms with E-state index in [1.807, 2.05) is 0 Å². The summed E-state index contributed by atoms with van der Waals surface area (Å²) >= 11 is 0. The lowest BCUT2D eigenvalue weighted by atomic mass is 10.1. The number of hydrogen-bond acceptors (Lipinski definition) is 3. The van der Waals surface area contributed by atoms with Gasteiger partial charge in [0.25, 0.3) is 5.91 Å². The molecule has 0 aliphatic heterocycles. The molecule has 0 aliphatic carbocycles. The second kappa shape index (κ2) is 7.77. The molecule has 2 N–H and O–H groups in total. The highest BCUT2D eigenvalue weighted by Gasteiger charge is 2.38. The van der Waals surface area contributed by atoms with E-state index in [1.54, 1.807) is 5.32 Å². The molecule has 2 rings (SSSR count). The molecule has 5 nitrogen and oxygen atoms in total. The summed E-state index contributed by atoms with van der Waals surface area (Å²) in [7, 11) is 0. The lowest BCUT2D eigenvalue weighted by molar-refractivity contribution is -0.167. The van der Waals surface area contributed by atoms with Gasteiger partial charge in [0.1, 0.15) is 5.82 Å². The van der Waals surface area contributed by atoms with Crippen LogP contribution >= 0.6 is 0 Å². The van der Waals surface area contributed by atoms with E-state index in [4.69, 9.17) is 0 Å². The predicted molar refractivity (Wildman–Crippen MR) is 87.2 cm³/mol. The maximum absolute atomic E-state index is 13.5. The fourth-order valence-corrected chi connectivity index (χ4v) is 1.93. The zero-order chi connectivity index (χ0) is 19.3. The Hall–Kier alpha value is -3.23. The van der Waals surface area contributed by atoms with Crippen LogP contribution in [-0.2, 0) is 4.79 Å². The Labute approximate surface area is 145 Å². The Kier molecular flexibility index (Phi) is 5.71. The summed E-state index contributed by atoms with van der Waals surface area (Å²) in [6.07, 6.45) is -5.01. The average Bonchev–Trinajstić information content (AvgIpc) is 2.59. The van der Waals surface area contributed by atoms with Crippen LogP contribution in [0.5, 0.6) is 0 Å². The summed E-state index contributed by atoms with van der Waals surface area (Å²) < 4.78 is 50.4. The van der Waals surface area contributed by atoms with Crippen molar-refractivity contribution in [1.82, 2.24) is 5.43 Å². The summed E-state index contributed by atoms with van der Waals surface area (Å²) in [5.41, 5.74) is 2.49. The standard InChI is InChI=1S/C17H13F4N3O2/c1-10(23-24-15(25)13-7-2-3-8-14(13)18)11-5-4-6-12(9-11)22-16(26)17(19,20)21/h2-9H,1H3,(H,22,26)(H,24,25). The fraction of sp³-hybridized carbons (Fsp3) is 0.118. The molecule has 136 valence electrons. The Bertz CT molecular complexity index is 863. The van der Waals surface area contributed by atoms with Gasteiger partial charge in [-0.1, -0.05) is 24.3 Å². The van der Waals surface area contributed by atoms with Gasteiger partial charge in [0.15, 0.2) is 0 Å². The first-order chi connectivity index (χ1) is 12.2. The molecule has 0 atom stereocenters. The van der Waals surface area contributed by atoms with Gasteiger partial charge in [-0.05, 0) is 36.8 Å². The van der Waals surface area contributed by atoms with Crippen molar-refractivity contribution >= 4 is 23.2 Å². The number of nitrogens with zero attached hydrogens (tertiary/aromatic N) is 1. The van der Waals surface area contributed by atoms with Crippen molar-refractivity contribution in [3.8, 4) is 0 Å². The van der Waals surface area contributed by atoms with Gasteiger partial charge in [0.2, 0.25) is 0 Å². The van der Waals surface area contributed by atoms with Gasteiger partial charge in [-0.3, -0.25) is 9.59 Å². The van der Waals surface area contributed by atoms with E-state index in [9.17, 15) is 27.2 Å². The minimum atomic E-state index is -5.01. The zero-order valence-corrected chi connectivity index (χ0v) is 13.4. The van der Waals surface area contributed by atoms with Crippen molar-refractivity contribution in [2.75, 3.05) is 5.32 Å². The second-order valence-corrected chi connectivity index (χ2v) is 5.15. The molecule has 0 aliphatic rings. The highest BCUT2D eigenvalue weighted by Crippen LogP contribution is 2.19. The normalized spacial score (nSPS) is 11.8. The number of carbonyl (C=O) groups excluding carboxylic acids is 2. The zero-order valence-electron chi connectivity index (χ0n) is 13.4. The van der Waals surface area contributed by atoms with Crippen molar-refractivity contribution in [2.45, 2.75) is 13.1 Å². The van der Waals surface area contributed by atoms with Gasteiger partial charge in [-0.25, -0.2) is 9.82 Å². The molecule has 26 heavy (non-hydrogen) atoms. The van der Waals surface area contributed by atoms with Crippen LogP contribution in [0.25, 0.3) is 0 Å². The number of halogens is 4. The van der Waals surface area contributed by atoms with Crippen molar-refractivity contribution in [2.24, 2.45) is 5.10 Å².